The lowest BCUT2D eigenvalue weighted by molar-refractivity contribution is -0.117. The van der Waals surface area contributed by atoms with Gasteiger partial charge in [0.05, 0.1) is 30.0 Å². The van der Waals surface area contributed by atoms with E-state index in [1.165, 1.54) is 0 Å². The van der Waals surface area contributed by atoms with Crippen molar-refractivity contribution in [3.8, 4) is 0 Å². The van der Waals surface area contributed by atoms with E-state index < -0.39 is 0 Å². The summed E-state index contributed by atoms with van der Waals surface area (Å²) in [6, 6.07) is 7.21. The highest BCUT2D eigenvalue weighted by atomic mass is 35.5. The second kappa shape index (κ2) is 7.59. The highest BCUT2D eigenvalue weighted by molar-refractivity contribution is 6.33. The van der Waals surface area contributed by atoms with Gasteiger partial charge in [-0.1, -0.05) is 23.7 Å². The first kappa shape index (κ1) is 15.3. The quantitative estimate of drug-likeness (QED) is 0.857. The Labute approximate surface area is 124 Å². The molecule has 0 aromatic heterocycles. The van der Waals surface area contributed by atoms with Crippen LogP contribution < -0.4 is 10.6 Å². The molecule has 0 aliphatic carbocycles. The van der Waals surface area contributed by atoms with E-state index >= 15 is 0 Å². The standard InChI is InChI=1S/C14H20ClN3O2/c1-18(9-11-8-16-6-7-20-11)10-14(19)17-13-5-3-2-4-12(13)15/h2-5,11,16H,6-10H2,1H3,(H,17,19). The van der Waals surface area contributed by atoms with Crippen LogP contribution in [0.4, 0.5) is 5.69 Å². The van der Waals surface area contributed by atoms with Gasteiger partial charge in [-0.15, -0.1) is 0 Å². The Morgan fingerprint density at radius 2 is 2.35 bits per heavy atom. The number of anilines is 1. The number of nitrogens with zero attached hydrogens (tertiary/aromatic N) is 1. The van der Waals surface area contributed by atoms with Crippen LogP contribution >= 0.6 is 11.6 Å². The van der Waals surface area contributed by atoms with Crippen molar-refractivity contribution in [1.29, 1.82) is 0 Å². The van der Waals surface area contributed by atoms with Gasteiger partial charge in [0.25, 0.3) is 0 Å². The van der Waals surface area contributed by atoms with E-state index in [-0.39, 0.29) is 12.0 Å². The number of hydrogen-bond donors (Lipinski definition) is 2. The first-order chi connectivity index (χ1) is 9.65. The van der Waals surface area contributed by atoms with Crippen molar-refractivity contribution in [2.45, 2.75) is 6.10 Å². The predicted molar refractivity (Wildman–Crippen MR) is 80.2 cm³/mol. The molecule has 1 fully saturated rings. The van der Waals surface area contributed by atoms with Gasteiger partial charge in [-0.2, -0.15) is 0 Å². The lowest BCUT2D eigenvalue weighted by Gasteiger charge is -2.27. The maximum absolute atomic E-state index is 11.9. The van der Waals surface area contributed by atoms with Crippen molar-refractivity contribution < 1.29 is 9.53 Å². The number of carbonyl (C=O) groups excluding carboxylic acids is 1. The maximum Gasteiger partial charge on any atom is 0.238 e. The monoisotopic (exact) mass is 297 g/mol. The third-order valence-corrected chi connectivity index (χ3v) is 3.41. The van der Waals surface area contributed by atoms with Gasteiger partial charge in [-0.25, -0.2) is 0 Å². The minimum absolute atomic E-state index is 0.0793. The number of nitrogens with one attached hydrogen (secondary N) is 2. The van der Waals surface area contributed by atoms with Crippen molar-refractivity contribution in [3.05, 3.63) is 29.3 Å². The summed E-state index contributed by atoms with van der Waals surface area (Å²) in [5.74, 6) is -0.0793. The second-order valence-electron chi connectivity index (χ2n) is 4.92. The normalized spacial score (nSPS) is 19.1. The van der Waals surface area contributed by atoms with Gasteiger partial charge in [0, 0.05) is 19.6 Å². The van der Waals surface area contributed by atoms with Crippen LogP contribution in [0.25, 0.3) is 0 Å². The van der Waals surface area contributed by atoms with Crippen LogP contribution in [0.1, 0.15) is 0 Å². The number of para-hydroxylation sites is 1. The zero-order valence-electron chi connectivity index (χ0n) is 11.6. The molecule has 1 heterocycles. The molecule has 1 aliphatic rings. The van der Waals surface area contributed by atoms with E-state index in [0.717, 1.165) is 26.2 Å². The average molecular weight is 298 g/mol. The number of halogens is 1. The molecule has 0 radical (unpaired) electrons. The molecule has 6 heteroatoms. The Bertz CT molecular complexity index is 450. The van der Waals surface area contributed by atoms with Gasteiger partial charge in [0.2, 0.25) is 5.91 Å². The fourth-order valence-electron chi connectivity index (χ4n) is 2.15. The Kier molecular flexibility index (Phi) is 5.79. The van der Waals surface area contributed by atoms with E-state index in [1.54, 1.807) is 12.1 Å². The molecule has 0 saturated carbocycles. The van der Waals surface area contributed by atoms with E-state index in [9.17, 15) is 4.79 Å². The van der Waals surface area contributed by atoms with E-state index in [2.05, 4.69) is 10.6 Å². The zero-order valence-corrected chi connectivity index (χ0v) is 12.3. The van der Waals surface area contributed by atoms with Crippen LogP contribution in [0.15, 0.2) is 24.3 Å². The maximum atomic E-state index is 11.9. The fourth-order valence-corrected chi connectivity index (χ4v) is 2.33. The molecule has 1 aliphatic heterocycles. The van der Waals surface area contributed by atoms with Crippen molar-refractivity contribution in [3.63, 3.8) is 0 Å². The summed E-state index contributed by atoms with van der Waals surface area (Å²) < 4.78 is 5.61. The third-order valence-electron chi connectivity index (χ3n) is 3.08. The molecule has 0 spiro atoms. The molecular weight excluding hydrogens is 278 g/mol. The second-order valence-corrected chi connectivity index (χ2v) is 5.33. The Morgan fingerprint density at radius 1 is 1.55 bits per heavy atom. The van der Waals surface area contributed by atoms with Crippen molar-refractivity contribution >= 4 is 23.2 Å². The van der Waals surface area contributed by atoms with Gasteiger partial charge in [-0.3, -0.25) is 9.69 Å². The number of benzene rings is 1. The third kappa shape index (κ3) is 4.76. The summed E-state index contributed by atoms with van der Waals surface area (Å²) in [5.41, 5.74) is 0.642. The minimum Gasteiger partial charge on any atom is -0.374 e. The van der Waals surface area contributed by atoms with Crippen LogP contribution in [-0.2, 0) is 9.53 Å². The lowest BCUT2D eigenvalue weighted by atomic mass is 10.3. The van der Waals surface area contributed by atoms with E-state index in [0.29, 0.717) is 17.3 Å². The molecule has 5 nitrogen and oxygen atoms in total. The number of likely N-dealkylation sites (N-methyl/N-ethyl adjacent to an activating group) is 1. The summed E-state index contributed by atoms with van der Waals surface area (Å²) in [7, 11) is 1.91. The highest BCUT2D eigenvalue weighted by Gasteiger charge is 2.17. The predicted octanol–water partition coefficient (Wildman–Crippen LogP) is 1.20. The number of morpholine rings is 1. The summed E-state index contributed by atoms with van der Waals surface area (Å²) in [6.45, 7) is 3.49. The minimum atomic E-state index is -0.0793. The largest absolute Gasteiger partial charge is 0.374 e. The first-order valence-electron chi connectivity index (χ1n) is 6.70. The lowest BCUT2D eigenvalue weighted by Crippen LogP contribution is -2.45. The molecule has 1 atom stereocenters. The number of amides is 1. The number of carbonyl (C=O) groups is 1. The SMILES string of the molecule is CN(CC(=O)Nc1ccccc1Cl)CC1CNCCO1. The molecular formula is C14H20ClN3O2. The molecule has 0 bridgehead atoms. The molecule has 1 amide bonds. The highest BCUT2D eigenvalue weighted by Crippen LogP contribution is 2.20. The van der Waals surface area contributed by atoms with E-state index in [4.69, 9.17) is 16.3 Å². The topological polar surface area (TPSA) is 53.6 Å². The Balaban J connectivity index is 1.77. The molecule has 1 aromatic rings. The molecule has 1 unspecified atom stereocenters. The Morgan fingerprint density at radius 3 is 3.05 bits per heavy atom. The fraction of sp³-hybridized carbons (Fsp3) is 0.500. The summed E-state index contributed by atoms with van der Waals surface area (Å²) in [5, 5.41) is 6.63. The van der Waals surface area contributed by atoms with Crippen LogP contribution in [-0.4, -0.2) is 56.7 Å². The zero-order chi connectivity index (χ0) is 14.4. The number of rotatable bonds is 5. The number of hydrogen-bond acceptors (Lipinski definition) is 4. The molecule has 110 valence electrons. The molecule has 1 saturated heterocycles. The Hall–Kier alpha value is -1.14. The van der Waals surface area contributed by atoms with Gasteiger partial charge in [0.15, 0.2) is 0 Å². The van der Waals surface area contributed by atoms with Gasteiger partial charge >= 0.3 is 0 Å². The molecule has 2 rings (SSSR count). The van der Waals surface area contributed by atoms with Gasteiger partial charge in [-0.05, 0) is 19.2 Å². The van der Waals surface area contributed by atoms with Crippen molar-refractivity contribution in [2.24, 2.45) is 0 Å². The molecule has 2 N–H and O–H groups in total. The van der Waals surface area contributed by atoms with E-state index in [1.807, 2.05) is 24.1 Å². The van der Waals surface area contributed by atoms with Crippen LogP contribution in [0.5, 0.6) is 0 Å². The summed E-state index contributed by atoms with van der Waals surface area (Å²) in [6.07, 6.45) is 0.141. The van der Waals surface area contributed by atoms with Crippen LogP contribution in [0, 0.1) is 0 Å². The van der Waals surface area contributed by atoms with Gasteiger partial charge in [0.1, 0.15) is 0 Å². The van der Waals surface area contributed by atoms with Crippen LogP contribution in [0.3, 0.4) is 0 Å². The number of ether oxygens (including phenoxy) is 1. The summed E-state index contributed by atoms with van der Waals surface area (Å²) in [4.78, 5) is 13.9. The molecule has 20 heavy (non-hydrogen) atoms. The van der Waals surface area contributed by atoms with Crippen molar-refractivity contribution in [1.82, 2.24) is 10.2 Å². The average Bonchev–Trinajstić information content (AvgIpc) is 2.42. The summed E-state index contributed by atoms with van der Waals surface area (Å²) >= 11 is 6.00. The molecule has 1 aromatic carbocycles. The van der Waals surface area contributed by atoms with Crippen LogP contribution in [0.2, 0.25) is 5.02 Å². The smallest absolute Gasteiger partial charge is 0.238 e. The van der Waals surface area contributed by atoms with Gasteiger partial charge < -0.3 is 15.4 Å². The van der Waals surface area contributed by atoms with Crippen molar-refractivity contribution in [2.75, 3.05) is 45.2 Å². The first-order valence-corrected chi connectivity index (χ1v) is 7.08.